The third kappa shape index (κ3) is 1.32. The number of hydrogen-bond donors (Lipinski definition) is 0. The second-order valence-electron chi connectivity index (χ2n) is 5.60. The lowest BCUT2D eigenvalue weighted by Gasteiger charge is -2.41. The number of hydrogen-bond acceptors (Lipinski definition) is 2. The van der Waals surface area contributed by atoms with Gasteiger partial charge in [-0.1, -0.05) is 0 Å². The number of nitrogens with zero attached hydrogens (tertiary/aromatic N) is 1. The molecule has 0 saturated heterocycles. The molecular formula is C10H16ClNOSi. The molecule has 0 amide bonds. The minimum Gasteiger partial charge on any atom is -0.399 e. The summed E-state index contributed by atoms with van der Waals surface area (Å²) in [6.45, 7) is 6.34. The molecule has 3 saturated carbocycles. The lowest BCUT2D eigenvalue weighted by atomic mass is 9.80. The van der Waals surface area contributed by atoms with E-state index in [1.54, 1.807) is 0 Å². The fraction of sp³-hybridized carbons (Fsp3) is 0.900. The van der Waals surface area contributed by atoms with Crippen molar-refractivity contribution >= 4 is 19.9 Å². The van der Waals surface area contributed by atoms with Crippen LogP contribution in [0.15, 0.2) is 0 Å². The van der Waals surface area contributed by atoms with E-state index in [2.05, 4.69) is 25.7 Å². The van der Waals surface area contributed by atoms with E-state index in [9.17, 15) is 5.26 Å². The van der Waals surface area contributed by atoms with Crippen LogP contribution >= 0.6 is 11.6 Å². The molecule has 0 heterocycles. The predicted molar refractivity (Wildman–Crippen MR) is 58.7 cm³/mol. The van der Waals surface area contributed by atoms with Crippen molar-refractivity contribution in [3.8, 4) is 6.07 Å². The van der Waals surface area contributed by atoms with Gasteiger partial charge in [0.2, 0.25) is 0 Å². The lowest BCUT2D eigenvalue weighted by molar-refractivity contribution is 0.0999. The number of rotatable bonds is 2. The Balaban J connectivity index is 2.25. The van der Waals surface area contributed by atoms with Crippen LogP contribution in [0.1, 0.15) is 19.3 Å². The molecule has 14 heavy (non-hydrogen) atoms. The van der Waals surface area contributed by atoms with Crippen molar-refractivity contribution in [3.05, 3.63) is 0 Å². The summed E-state index contributed by atoms with van der Waals surface area (Å²) in [7, 11) is -1.68. The molecule has 2 nitrogen and oxygen atoms in total. The first-order chi connectivity index (χ1) is 6.30. The molecule has 4 heteroatoms. The molecule has 0 radical (unpaired) electrons. The molecular weight excluding hydrogens is 214 g/mol. The monoisotopic (exact) mass is 229 g/mol. The summed E-state index contributed by atoms with van der Waals surface area (Å²) >= 11 is 6.44. The highest BCUT2D eigenvalue weighted by Gasteiger charge is 2.68. The van der Waals surface area contributed by atoms with Crippen molar-refractivity contribution in [3.63, 3.8) is 0 Å². The molecule has 1 unspecified atom stereocenters. The van der Waals surface area contributed by atoms with Gasteiger partial charge in [-0.3, -0.25) is 0 Å². The maximum absolute atomic E-state index is 9.30. The van der Waals surface area contributed by atoms with E-state index < -0.39 is 13.9 Å². The first-order valence-electron chi connectivity index (χ1n) is 5.11. The molecule has 1 atom stereocenters. The summed E-state index contributed by atoms with van der Waals surface area (Å²) in [4.78, 5) is -0.368. The highest BCUT2D eigenvalue weighted by atomic mass is 35.5. The molecule has 3 aliphatic carbocycles. The molecule has 3 fully saturated rings. The summed E-state index contributed by atoms with van der Waals surface area (Å²) in [5.41, 5.74) is -0.677. The molecule has 0 N–H and O–H groups in total. The van der Waals surface area contributed by atoms with Crippen LogP contribution in [0.25, 0.3) is 0 Å². The third-order valence-electron chi connectivity index (χ3n) is 3.19. The SMILES string of the molecule is C[Si](C)(C)OC1(C#N)CC2CC1(Cl)C2. The highest BCUT2D eigenvalue weighted by molar-refractivity contribution is 6.70. The highest BCUT2D eigenvalue weighted by Crippen LogP contribution is 2.63. The van der Waals surface area contributed by atoms with Crippen molar-refractivity contribution < 1.29 is 4.43 Å². The molecule has 0 spiro atoms. The lowest BCUT2D eigenvalue weighted by Crippen LogP contribution is -2.52. The van der Waals surface area contributed by atoms with Crippen LogP contribution < -0.4 is 0 Å². The van der Waals surface area contributed by atoms with Gasteiger partial charge in [-0.2, -0.15) is 5.26 Å². The van der Waals surface area contributed by atoms with Crippen molar-refractivity contribution in [2.24, 2.45) is 5.92 Å². The number of fused-ring (bicyclic) bond motifs is 1. The standard InChI is InChI=1S/C10H16ClNOSi/c1-14(2,3)13-10(7-12)6-8-4-9(10,11)5-8/h8H,4-6H2,1-3H3. The van der Waals surface area contributed by atoms with Gasteiger partial charge >= 0.3 is 0 Å². The van der Waals surface area contributed by atoms with Gasteiger partial charge in [0, 0.05) is 0 Å². The second-order valence-corrected chi connectivity index (χ2v) is 10.7. The largest absolute Gasteiger partial charge is 0.399 e. The van der Waals surface area contributed by atoms with Gasteiger partial charge in [-0.25, -0.2) is 0 Å². The molecule has 78 valence electrons. The Morgan fingerprint density at radius 3 is 2.21 bits per heavy atom. The van der Waals surface area contributed by atoms with E-state index in [-0.39, 0.29) is 4.87 Å². The molecule has 0 aliphatic heterocycles. The normalized spacial score (nSPS) is 45.8. The van der Waals surface area contributed by atoms with E-state index in [4.69, 9.17) is 16.0 Å². The van der Waals surface area contributed by atoms with Crippen LogP contribution in [-0.2, 0) is 4.43 Å². The number of alkyl halides is 1. The van der Waals surface area contributed by atoms with Crippen molar-refractivity contribution in [2.75, 3.05) is 0 Å². The van der Waals surface area contributed by atoms with Crippen LogP contribution in [0, 0.1) is 17.2 Å². The zero-order valence-corrected chi connectivity index (χ0v) is 10.7. The Hall–Kier alpha value is -0.0431. The fourth-order valence-corrected chi connectivity index (χ4v) is 4.77. The van der Waals surface area contributed by atoms with Crippen molar-refractivity contribution in [1.29, 1.82) is 5.26 Å². The predicted octanol–water partition coefficient (Wildman–Crippen LogP) is 2.89. The smallest absolute Gasteiger partial charge is 0.186 e. The van der Waals surface area contributed by atoms with E-state index in [1.165, 1.54) is 0 Å². The molecule has 0 aromatic carbocycles. The summed E-state index contributed by atoms with van der Waals surface area (Å²) in [5.74, 6) is 0.628. The van der Waals surface area contributed by atoms with Crippen LogP contribution in [-0.4, -0.2) is 18.8 Å². The van der Waals surface area contributed by atoms with Crippen LogP contribution in [0.3, 0.4) is 0 Å². The van der Waals surface area contributed by atoms with Crippen LogP contribution in [0.2, 0.25) is 19.6 Å². The third-order valence-corrected chi connectivity index (χ3v) is 4.76. The second kappa shape index (κ2) is 2.75. The van der Waals surface area contributed by atoms with Gasteiger partial charge in [0.1, 0.15) is 0 Å². The van der Waals surface area contributed by atoms with E-state index in [0.29, 0.717) is 5.92 Å². The average Bonchev–Trinajstić information content (AvgIpc) is 2.34. The molecule has 0 aromatic rings. The van der Waals surface area contributed by atoms with Gasteiger partial charge in [-0.05, 0) is 44.8 Å². The van der Waals surface area contributed by atoms with Crippen molar-refractivity contribution in [1.82, 2.24) is 0 Å². The zero-order chi connectivity index (χ0) is 10.6. The number of nitriles is 1. The molecule has 3 rings (SSSR count). The average molecular weight is 230 g/mol. The van der Waals surface area contributed by atoms with Crippen LogP contribution in [0.5, 0.6) is 0 Å². The molecule has 3 aliphatic rings. The molecule has 2 bridgehead atoms. The van der Waals surface area contributed by atoms with E-state index in [0.717, 1.165) is 19.3 Å². The van der Waals surface area contributed by atoms with Gasteiger partial charge in [0.15, 0.2) is 13.9 Å². The molecule has 0 aromatic heterocycles. The van der Waals surface area contributed by atoms with Gasteiger partial charge in [0.25, 0.3) is 0 Å². The maximum Gasteiger partial charge on any atom is 0.186 e. The first-order valence-corrected chi connectivity index (χ1v) is 8.89. The quantitative estimate of drug-likeness (QED) is 0.539. The van der Waals surface area contributed by atoms with Gasteiger partial charge in [-0.15, -0.1) is 11.6 Å². The first kappa shape index (κ1) is 10.5. The minimum atomic E-state index is -1.68. The summed E-state index contributed by atoms with van der Waals surface area (Å²) < 4.78 is 6.04. The van der Waals surface area contributed by atoms with Crippen LogP contribution in [0.4, 0.5) is 0 Å². The van der Waals surface area contributed by atoms with Gasteiger partial charge in [0.05, 0.1) is 10.9 Å². The minimum absolute atomic E-state index is 0.368. The van der Waals surface area contributed by atoms with E-state index in [1.807, 2.05) is 0 Å². The summed E-state index contributed by atoms with van der Waals surface area (Å²) in [6, 6.07) is 2.35. The van der Waals surface area contributed by atoms with Crippen molar-refractivity contribution in [2.45, 2.75) is 49.4 Å². The Bertz CT molecular complexity index is 300. The zero-order valence-electron chi connectivity index (χ0n) is 8.93. The summed E-state index contributed by atoms with van der Waals surface area (Å²) in [5, 5.41) is 9.30. The Labute approximate surface area is 91.3 Å². The van der Waals surface area contributed by atoms with E-state index >= 15 is 0 Å². The fourth-order valence-electron chi connectivity index (χ4n) is 2.74. The Morgan fingerprint density at radius 1 is 1.36 bits per heavy atom. The van der Waals surface area contributed by atoms with Gasteiger partial charge < -0.3 is 4.43 Å². The maximum atomic E-state index is 9.30. The Kier molecular flexibility index (Phi) is 2.06. The Morgan fingerprint density at radius 2 is 1.93 bits per heavy atom. The summed E-state index contributed by atoms with van der Waals surface area (Å²) in [6.07, 6.45) is 2.77. The number of halogens is 1. The topological polar surface area (TPSA) is 33.0 Å².